The van der Waals surface area contributed by atoms with Gasteiger partial charge in [0.05, 0.1) is 26.9 Å². The Hall–Kier alpha value is -1.45. The summed E-state index contributed by atoms with van der Waals surface area (Å²) in [5.74, 6) is 1.47. The summed E-state index contributed by atoms with van der Waals surface area (Å²) in [6, 6.07) is 6.36. The van der Waals surface area contributed by atoms with Gasteiger partial charge in [0.25, 0.3) is 0 Å². The molecule has 2 fully saturated rings. The van der Waals surface area contributed by atoms with Gasteiger partial charge in [0.1, 0.15) is 0 Å². The second-order valence-electron chi connectivity index (χ2n) is 8.40. The lowest BCUT2D eigenvalue weighted by atomic mass is 9.91. The molecule has 0 radical (unpaired) electrons. The smallest absolute Gasteiger partial charge is 0.407 e. The number of carboxylic acid groups (broad SMARTS) is 1. The predicted molar refractivity (Wildman–Crippen MR) is 134 cm³/mol. The maximum Gasteiger partial charge on any atom is 0.407 e. The topological polar surface area (TPSA) is 97.5 Å². The van der Waals surface area contributed by atoms with Gasteiger partial charge in [-0.05, 0) is 43.4 Å². The number of nitrogens with two attached hydrogens (primary N) is 1. The molecule has 0 bridgehead atoms. The molecule has 0 aromatic heterocycles. The number of amides is 1. The minimum Gasteiger partial charge on any atom is -0.493 e. The molecule has 3 atom stereocenters. The van der Waals surface area contributed by atoms with Crippen LogP contribution in [0.4, 0.5) is 4.79 Å². The van der Waals surface area contributed by atoms with Crippen LogP contribution in [-0.2, 0) is 11.2 Å². The number of ether oxygens (including phenoxy) is 3. The maximum absolute atomic E-state index is 11.6. The Kier molecular flexibility index (Phi) is 13.2. The zero-order valence-electron chi connectivity index (χ0n) is 19.6. The fourth-order valence-electron chi connectivity index (χ4n) is 4.95. The fourth-order valence-corrected chi connectivity index (χ4v) is 4.95. The van der Waals surface area contributed by atoms with E-state index in [1.165, 1.54) is 17.7 Å². The molecule has 1 aliphatic heterocycles. The summed E-state index contributed by atoms with van der Waals surface area (Å²) in [7, 11) is 3.28. The van der Waals surface area contributed by atoms with Gasteiger partial charge < -0.3 is 30.0 Å². The van der Waals surface area contributed by atoms with E-state index in [1.807, 2.05) is 18.2 Å². The fraction of sp³-hybridized carbons (Fsp3) is 0.696. The van der Waals surface area contributed by atoms with Crippen LogP contribution in [0.3, 0.4) is 0 Å². The molecule has 3 rings (SSSR count). The van der Waals surface area contributed by atoms with Crippen LogP contribution < -0.4 is 15.2 Å². The molecule has 1 aromatic rings. The molecule has 2 aliphatic rings. The molecule has 1 saturated carbocycles. The number of likely N-dealkylation sites (tertiary alicyclic amines) is 1. The molecule has 1 saturated heterocycles. The quantitative estimate of drug-likeness (QED) is 0.500. The highest BCUT2D eigenvalue weighted by Gasteiger charge is 2.37. The molecule has 10 heteroatoms. The minimum atomic E-state index is -0.872. The molecule has 33 heavy (non-hydrogen) atoms. The normalized spacial score (nSPS) is 22.7. The number of hydrogen-bond acceptors (Lipinski definition) is 6. The summed E-state index contributed by atoms with van der Waals surface area (Å²) in [4.78, 5) is 15.5. The van der Waals surface area contributed by atoms with Gasteiger partial charge in [-0.2, -0.15) is 0 Å². The number of benzene rings is 1. The molecule has 190 valence electrons. The molecular formula is C23H39Cl2N3O5. The first kappa shape index (κ1) is 29.6. The van der Waals surface area contributed by atoms with E-state index < -0.39 is 6.09 Å². The summed E-state index contributed by atoms with van der Waals surface area (Å²) in [6.07, 6.45) is 5.55. The number of nitrogens with zero attached hydrogens (tertiary/aromatic N) is 2. The molecular weight excluding hydrogens is 469 g/mol. The first-order valence-corrected chi connectivity index (χ1v) is 11.3. The van der Waals surface area contributed by atoms with Crippen molar-refractivity contribution in [2.24, 2.45) is 5.73 Å². The number of halogens is 2. The lowest BCUT2D eigenvalue weighted by molar-refractivity contribution is -0.0304. The van der Waals surface area contributed by atoms with E-state index in [0.29, 0.717) is 25.7 Å². The van der Waals surface area contributed by atoms with Crippen LogP contribution >= 0.6 is 24.8 Å². The van der Waals surface area contributed by atoms with Gasteiger partial charge in [-0.15, -0.1) is 24.8 Å². The average Bonchev–Trinajstić information content (AvgIpc) is 3.27. The molecule has 3 N–H and O–H groups in total. The summed E-state index contributed by atoms with van der Waals surface area (Å²) in [5.41, 5.74) is 6.78. The molecule has 1 aliphatic carbocycles. The van der Waals surface area contributed by atoms with Gasteiger partial charge in [0, 0.05) is 38.3 Å². The summed E-state index contributed by atoms with van der Waals surface area (Å²) >= 11 is 0. The maximum atomic E-state index is 11.6. The third-order valence-electron chi connectivity index (χ3n) is 6.56. The molecule has 8 nitrogen and oxygen atoms in total. The van der Waals surface area contributed by atoms with Gasteiger partial charge in [0.15, 0.2) is 11.5 Å². The molecule has 0 spiro atoms. The van der Waals surface area contributed by atoms with Gasteiger partial charge in [-0.25, -0.2) is 4.79 Å². The van der Waals surface area contributed by atoms with E-state index >= 15 is 0 Å². The van der Waals surface area contributed by atoms with E-state index in [1.54, 1.807) is 14.2 Å². The average molecular weight is 508 g/mol. The SMILES string of the molecule is COc1ccc(CCOC2CCCCC2N2CCC(N(CCN)C(=O)O)C2)cc1OC.Cl.Cl. The van der Waals surface area contributed by atoms with Crippen molar-refractivity contribution in [1.29, 1.82) is 0 Å². The Morgan fingerprint density at radius 1 is 1.15 bits per heavy atom. The largest absolute Gasteiger partial charge is 0.493 e. The Labute approximate surface area is 209 Å². The van der Waals surface area contributed by atoms with Gasteiger partial charge in [-0.3, -0.25) is 4.90 Å². The Morgan fingerprint density at radius 3 is 2.55 bits per heavy atom. The monoisotopic (exact) mass is 507 g/mol. The van der Waals surface area contributed by atoms with Crippen LogP contribution in [0, 0.1) is 0 Å². The lowest BCUT2D eigenvalue weighted by Gasteiger charge is -2.38. The zero-order chi connectivity index (χ0) is 22.2. The van der Waals surface area contributed by atoms with Crippen LogP contribution in [0.25, 0.3) is 0 Å². The van der Waals surface area contributed by atoms with Crippen molar-refractivity contribution in [3.63, 3.8) is 0 Å². The van der Waals surface area contributed by atoms with Crippen molar-refractivity contribution < 1.29 is 24.1 Å². The second kappa shape index (κ2) is 14.7. The van der Waals surface area contributed by atoms with Crippen molar-refractivity contribution in [3.8, 4) is 11.5 Å². The van der Waals surface area contributed by atoms with Crippen LogP contribution in [0.1, 0.15) is 37.7 Å². The molecule has 1 heterocycles. The van der Waals surface area contributed by atoms with Crippen molar-refractivity contribution in [3.05, 3.63) is 23.8 Å². The lowest BCUT2D eigenvalue weighted by Crippen LogP contribution is -2.48. The summed E-state index contributed by atoms with van der Waals surface area (Å²) < 4.78 is 17.1. The van der Waals surface area contributed by atoms with Crippen molar-refractivity contribution >= 4 is 30.9 Å². The minimum absolute atomic E-state index is 0. The molecule has 1 amide bonds. The second-order valence-corrected chi connectivity index (χ2v) is 8.40. The third-order valence-corrected chi connectivity index (χ3v) is 6.56. The van der Waals surface area contributed by atoms with Crippen molar-refractivity contribution in [2.75, 3.05) is 47.0 Å². The third kappa shape index (κ3) is 7.79. The highest BCUT2D eigenvalue weighted by atomic mass is 35.5. The van der Waals surface area contributed by atoms with E-state index in [2.05, 4.69) is 4.90 Å². The van der Waals surface area contributed by atoms with Crippen LogP contribution in [0.15, 0.2) is 18.2 Å². The van der Waals surface area contributed by atoms with Crippen molar-refractivity contribution in [1.82, 2.24) is 9.80 Å². The van der Waals surface area contributed by atoms with E-state index in [9.17, 15) is 9.90 Å². The van der Waals surface area contributed by atoms with Crippen molar-refractivity contribution in [2.45, 2.75) is 56.7 Å². The zero-order valence-corrected chi connectivity index (χ0v) is 21.2. The summed E-state index contributed by atoms with van der Waals surface area (Å²) in [6.45, 7) is 3.09. The van der Waals surface area contributed by atoms with Gasteiger partial charge in [-0.1, -0.05) is 18.9 Å². The number of methoxy groups -OCH3 is 2. The molecule has 1 aromatic carbocycles. The Morgan fingerprint density at radius 2 is 1.88 bits per heavy atom. The Bertz CT molecular complexity index is 727. The predicted octanol–water partition coefficient (Wildman–Crippen LogP) is 3.43. The van der Waals surface area contributed by atoms with E-state index in [4.69, 9.17) is 19.9 Å². The van der Waals surface area contributed by atoms with Gasteiger partial charge in [0.2, 0.25) is 0 Å². The number of rotatable bonds is 10. The van der Waals surface area contributed by atoms with Gasteiger partial charge >= 0.3 is 6.09 Å². The van der Waals surface area contributed by atoms with Crippen LogP contribution in [0.5, 0.6) is 11.5 Å². The van der Waals surface area contributed by atoms with Crippen LogP contribution in [0.2, 0.25) is 0 Å². The first-order chi connectivity index (χ1) is 15.1. The van der Waals surface area contributed by atoms with E-state index in [-0.39, 0.29) is 37.0 Å². The highest BCUT2D eigenvalue weighted by Crippen LogP contribution is 2.30. The van der Waals surface area contributed by atoms with Crippen LogP contribution in [-0.4, -0.2) is 86.2 Å². The number of hydrogen-bond donors (Lipinski definition) is 2. The van der Waals surface area contributed by atoms with E-state index in [0.717, 1.165) is 55.8 Å². The Balaban J connectivity index is 0.00000272. The summed E-state index contributed by atoms with van der Waals surface area (Å²) in [5, 5.41) is 9.52. The number of carbonyl (C=O) groups is 1. The first-order valence-electron chi connectivity index (χ1n) is 11.3. The standard InChI is InChI=1S/C23H37N3O5.2ClH/c1-29-21-8-7-17(15-22(21)30-2)10-14-31-20-6-4-3-5-19(20)25-12-9-18(16-25)26(13-11-24)23(27)28;;/h7-8,15,18-20H,3-6,9-14,16,24H2,1-2H3,(H,27,28);2*1H. The molecule has 3 unspecified atom stereocenters. The highest BCUT2D eigenvalue weighted by molar-refractivity contribution is 5.85.